The van der Waals surface area contributed by atoms with Crippen LogP contribution >= 0.6 is 23.1 Å². The minimum atomic E-state index is -3.59. The quantitative estimate of drug-likeness (QED) is 0.239. The Morgan fingerprint density at radius 3 is 2.81 bits per heavy atom. The molecule has 4 N–H and O–H groups in total. The standard InChI is InChI=1S/C20H25N5O4S3/c1-2-3-9-22-32(28,29)15-6-7-16-17(12-15)24-20(23-16)31-13-18(26)25-19(27)21-10-8-14-5-4-11-30-14/h4-7,11-12,22H,2-3,8-10,13H2,1H3,(H,23,24)(H2,21,25,26,27). The Kier molecular flexibility index (Phi) is 8.67. The van der Waals surface area contributed by atoms with Gasteiger partial charge in [-0.1, -0.05) is 31.2 Å². The smallest absolute Gasteiger partial charge is 0.321 e. The number of carbonyl (C=O) groups excluding carboxylic acids is 2. The third-order valence-corrected chi connectivity index (χ3v) is 7.66. The van der Waals surface area contributed by atoms with Crippen LogP contribution in [-0.4, -0.2) is 49.2 Å². The van der Waals surface area contributed by atoms with E-state index in [1.165, 1.54) is 12.1 Å². The van der Waals surface area contributed by atoms with Gasteiger partial charge in [0.1, 0.15) is 0 Å². The maximum Gasteiger partial charge on any atom is 0.321 e. The molecule has 2 heterocycles. The van der Waals surface area contributed by atoms with Crippen molar-refractivity contribution in [1.29, 1.82) is 0 Å². The van der Waals surface area contributed by atoms with Crippen molar-refractivity contribution in [2.75, 3.05) is 18.8 Å². The van der Waals surface area contributed by atoms with Crippen LogP contribution in [0.3, 0.4) is 0 Å². The summed E-state index contributed by atoms with van der Waals surface area (Å²) in [4.78, 5) is 32.5. The first-order valence-electron chi connectivity index (χ1n) is 10.1. The van der Waals surface area contributed by atoms with E-state index < -0.39 is 22.0 Å². The Morgan fingerprint density at radius 2 is 2.06 bits per heavy atom. The number of aromatic amines is 1. The van der Waals surface area contributed by atoms with Gasteiger partial charge in [0.05, 0.1) is 21.7 Å². The number of aromatic nitrogens is 2. The van der Waals surface area contributed by atoms with E-state index in [1.807, 2.05) is 24.4 Å². The van der Waals surface area contributed by atoms with Crippen LogP contribution in [0.15, 0.2) is 45.8 Å². The lowest BCUT2D eigenvalue weighted by Gasteiger charge is -2.05. The molecule has 1 aromatic carbocycles. The van der Waals surface area contributed by atoms with Gasteiger partial charge in [-0.15, -0.1) is 11.3 Å². The van der Waals surface area contributed by atoms with Gasteiger partial charge >= 0.3 is 6.03 Å². The van der Waals surface area contributed by atoms with Gasteiger partial charge < -0.3 is 10.3 Å². The number of nitrogens with zero attached hydrogens (tertiary/aromatic N) is 1. The molecule has 0 unspecified atom stereocenters. The first-order valence-corrected chi connectivity index (χ1v) is 13.4. The lowest BCUT2D eigenvalue weighted by Crippen LogP contribution is -2.41. The van der Waals surface area contributed by atoms with Crippen LogP contribution in [0, 0.1) is 0 Å². The molecule has 3 rings (SSSR count). The van der Waals surface area contributed by atoms with Crippen molar-refractivity contribution in [2.24, 2.45) is 0 Å². The van der Waals surface area contributed by atoms with Crippen LogP contribution in [0.5, 0.6) is 0 Å². The first-order chi connectivity index (χ1) is 15.4. The van der Waals surface area contributed by atoms with E-state index in [0.717, 1.165) is 29.5 Å². The SMILES string of the molecule is CCCCNS(=O)(=O)c1ccc2nc(SCC(=O)NC(=O)NCCc3cccs3)[nH]c2c1. The van der Waals surface area contributed by atoms with Gasteiger partial charge in [0, 0.05) is 18.0 Å². The molecule has 12 heteroatoms. The van der Waals surface area contributed by atoms with Crippen molar-refractivity contribution in [3.8, 4) is 0 Å². The van der Waals surface area contributed by atoms with Gasteiger partial charge in [0.2, 0.25) is 15.9 Å². The fourth-order valence-corrected chi connectivity index (χ4v) is 5.26. The highest BCUT2D eigenvalue weighted by Crippen LogP contribution is 2.22. The molecule has 9 nitrogen and oxygen atoms in total. The Bertz CT molecular complexity index is 1160. The Labute approximate surface area is 194 Å². The fraction of sp³-hybridized carbons (Fsp3) is 0.350. The molecule has 3 amide bonds. The summed E-state index contributed by atoms with van der Waals surface area (Å²) in [6, 6.07) is 8.03. The number of hydrogen-bond donors (Lipinski definition) is 4. The monoisotopic (exact) mass is 495 g/mol. The summed E-state index contributed by atoms with van der Waals surface area (Å²) in [6.07, 6.45) is 2.37. The van der Waals surface area contributed by atoms with Crippen LogP contribution in [0.25, 0.3) is 11.0 Å². The van der Waals surface area contributed by atoms with Crippen molar-refractivity contribution in [3.05, 3.63) is 40.6 Å². The molecule has 0 saturated heterocycles. The number of fused-ring (bicyclic) bond motifs is 1. The molecule has 0 atom stereocenters. The lowest BCUT2D eigenvalue weighted by molar-refractivity contribution is -0.117. The minimum absolute atomic E-state index is 0.0120. The van der Waals surface area contributed by atoms with Crippen molar-refractivity contribution < 1.29 is 18.0 Å². The van der Waals surface area contributed by atoms with Crippen LogP contribution in [0.4, 0.5) is 4.79 Å². The molecule has 0 aliphatic carbocycles. The zero-order valence-corrected chi connectivity index (χ0v) is 20.0. The number of unbranched alkanes of at least 4 members (excludes halogenated alkanes) is 1. The van der Waals surface area contributed by atoms with Crippen LogP contribution in [0.1, 0.15) is 24.6 Å². The topological polar surface area (TPSA) is 133 Å². The molecule has 3 aromatic rings. The number of carbonyl (C=O) groups is 2. The number of sulfonamides is 1. The molecule has 0 bridgehead atoms. The Hall–Kier alpha value is -2.41. The predicted molar refractivity (Wildman–Crippen MR) is 126 cm³/mol. The average molecular weight is 496 g/mol. The Morgan fingerprint density at radius 1 is 1.22 bits per heavy atom. The average Bonchev–Trinajstić information content (AvgIpc) is 3.41. The normalized spacial score (nSPS) is 11.5. The molecule has 0 radical (unpaired) electrons. The zero-order valence-electron chi connectivity index (χ0n) is 17.5. The van der Waals surface area contributed by atoms with Gasteiger partial charge in [-0.3, -0.25) is 10.1 Å². The molecule has 172 valence electrons. The number of nitrogens with one attached hydrogen (secondary N) is 4. The number of rotatable bonds is 11. The maximum absolute atomic E-state index is 12.4. The summed E-state index contributed by atoms with van der Waals surface area (Å²) in [7, 11) is -3.59. The molecule has 0 aliphatic heterocycles. The number of thioether (sulfide) groups is 1. The second-order valence-corrected chi connectivity index (χ2v) is 10.7. The molecule has 0 saturated carbocycles. The minimum Gasteiger partial charge on any atom is -0.337 e. The number of thiophene rings is 1. The summed E-state index contributed by atoms with van der Waals surface area (Å²) in [6.45, 7) is 2.82. The molecule has 32 heavy (non-hydrogen) atoms. The number of urea groups is 1. The van der Waals surface area contributed by atoms with Crippen molar-refractivity contribution >= 4 is 56.1 Å². The molecule has 0 spiro atoms. The van der Waals surface area contributed by atoms with Gasteiger partial charge in [-0.2, -0.15) is 0 Å². The fourth-order valence-electron chi connectivity index (χ4n) is 2.76. The summed E-state index contributed by atoms with van der Waals surface area (Å²) in [5, 5.41) is 7.36. The van der Waals surface area contributed by atoms with E-state index >= 15 is 0 Å². The van der Waals surface area contributed by atoms with Gasteiger partial charge in [-0.25, -0.2) is 22.9 Å². The van der Waals surface area contributed by atoms with Gasteiger partial charge in [0.25, 0.3) is 0 Å². The third-order valence-electron chi connectivity index (χ3n) is 4.39. The summed E-state index contributed by atoms with van der Waals surface area (Å²) < 4.78 is 27.3. The largest absolute Gasteiger partial charge is 0.337 e. The van der Waals surface area contributed by atoms with Crippen LogP contribution < -0.4 is 15.4 Å². The highest BCUT2D eigenvalue weighted by atomic mass is 32.2. The van der Waals surface area contributed by atoms with Crippen LogP contribution in [-0.2, 0) is 21.2 Å². The molecule has 2 aromatic heterocycles. The van der Waals surface area contributed by atoms with Crippen molar-refractivity contribution in [2.45, 2.75) is 36.2 Å². The van der Waals surface area contributed by atoms with E-state index in [0.29, 0.717) is 35.7 Å². The number of benzene rings is 1. The molecular weight excluding hydrogens is 470 g/mol. The molecule has 0 fully saturated rings. The van der Waals surface area contributed by atoms with Crippen LogP contribution in [0.2, 0.25) is 0 Å². The maximum atomic E-state index is 12.4. The van der Waals surface area contributed by atoms with Gasteiger partial charge in [-0.05, 0) is 42.5 Å². The van der Waals surface area contributed by atoms with E-state index in [9.17, 15) is 18.0 Å². The Balaban J connectivity index is 1.49. The van der Waals surface area contributed by atoms with E-state index in [1.54, 1.807) is 17.4 Å². The van der Waals surface area contributed by atoms with E-state index in [4.69, 9.17) is 0 Å². The van der Waals surface area contributed by atoms with Crippen molar-refractivity contribution in [3.63, 3.8) is 0 Å². The van der Waals surface area contributed by atoms with Gasteiger partial charge in [0.15, 0.2) is 5.16 Å². The zero-order chi connectivity index (χ0) is 23.0. The number of imidazole rings is 1. The summed E-state index contributed by atoms with van der Waals surface area (Å²) in [5.41, 5.74) is 1.14. The lowest BCUT2D eigenvalue weighted by atomic mass is 10.3. The number of amides is 3. The number of hydrogen-bond acceptors (Lipinski definition) is 7. The summed E-state index contributed by atoms with van der Waals surface area (Å²) in [5.74, 6) is -0.463. The third kappa shape index (κ3) is 7.05. The number of imide groups is 1. The van der Waals surface area contributed by atoms with Crippen molar-refractivity contribution in [1.82, 2.24) is 25.3 Å². The number of H-pyrrole nitrogens is 1. The predicted octanol–water partition coefficient (Wildman–Crippen LogP) is 2.86. The highest BCUT2D eigenvalue weighted by Gasteiger charge is 2.16. The van der Waals surface area contributed by atoms with E-state index in [-0.39, 0.29) is 10.6 Å². The summed E-state index contributed by atoms with van der Waals surface area (Å²) >= 11 is 2.74. The second-order valence-electron chi connectivity index (χ2n) is 6.89. The first kappa shape index (κ1) is 24.2. The van der Waals surface area contributed by atoms with E-state index in [2.05, 4.69) is 25.3 Å². The second kappa shape index (κ2) is 11.5. The molecule has 0 aliphatic rings. The molecular formula is C20H25N5O4S3. The highest BCUT2D eigenvalue weighted by molar-refractivity contribution is 7.99.